The van der Waals surface area contributed by atoms with Crippen LogP contribution in [-0.2, 0) is 0 Å². The first-order valence-electron chi connectivity index (χ1n) is 4.85. The summed E-state index contributed by atoms with van der Waals surface area (Å²) >= 11 is 0. The molecule has 0 unspecified atom stereocenters. The molecule has 1 aliphatic rings. The Morgan fingerprint density at radius 2 is 1.86 bits per heavy atom. The second-order valence-electron chi connectivity index (χ2n) is 3.58. The minimum atomic E-state index is -0.0394. The molecule has 0 saturated carbocycles. The molecule has 4 heteroatoms. The third-order valence-electron chi connectivity index (χ3n) is 2.37. The van der Waals surface area contributed by atoms with Gasteiger partial charge in [0.15, 0.2) is 0 Å². The molecule has 0 radical (unpaired) electrons. The number of aryl methyl sites for hydroxylation is 1. The molecule has 1 saturated heterocycles. The van der Waals surface area contributed by atoms with Gasteiger partial charge in [-0.3, -0.25) is 4.79 Å². The lowest BCUT2D eigenvalue weighted by Crippen LogP contribution is -2.29. The van der Waals surface area contributed by atoms with Crippen LogP contribution in [0.5, 0.6) is 0 Å². The molecule has 2 rings (SSSR count). The van der Waals surface area contributed by atoms with Crippen molar-refractivity contribution < 1.29 is 4.79 Å². The smallest absolute Gasteiger partial charge is 0.291 e. The summed E-state index contributed by atoms with van der Waals surface area (Å²) in [5.41, 5.74) is 0.975. The van der Waals surface area contributed by atoms with E-state index in [2.05, 4.69) is 9.97 Å². The maximum Gasteiger partial charge on any atom is 0.291 e. The normalized spacial score (nSPS) is 15.9. The fraction of sp³-hybridized carbons (Fsp3) is 0.500. The van der Waals surface area contributed by atoms with Gasteiger partial charge < -0.3 is 4.90 Å². The van der Waals surface area contributed by atoms with Crippen molar-refractivity contribution in [3.63, 3.8) is 0 Å². The van der Waals surface area contributed by atoms with E-state index >= 15 is 0 Å². The number of likely N-dealkylation sites (tertiary alicyclic amines) is 1. The fourth-order valence-electron chi connectivity index (χ4n) is 1.56. The first-order valence-corrected chi connectivity index (χ1v) is 4.85. The molecule has 0 N–H and O–H groups in total. The average molecular weight is 191 g/mol. The van der Waals surface area contributed by atoms with E-state index in [1.807, 2.05) is 11.8 Å². The maximum atomic E-state index is 11.8. The van der Waals surface area contributed by atoms with E-state index in [0.29, 0.717) is 5.82 Å². The Hall–Kier alpha value is -1.45. The minimum Gasteiger partial charge on any atom is -0.336 e. The molecule has 1 aromatic heterocycles. The summed E-state index contributed by atoms with van der Waals surface area (Å²) in [4.78, 5) is 21.6. The number of carbonyl (C=O) groups is 1. The Morgan fingerprint density at radius 1 is 1.29 bits per heavy atom. The highest BCUT2D eigenvalue weighted by Crippen LogP contribution is 2.10. The second-order valence-corrected chi connectivity index (χ2v) is 3.58. The molecule has 2 heterocycles. The Labute approximate surface area is 83.0 Å². The number of nitrogens with zero attached hydrogens (tertiary/aromatic N) is 3. The predicted octanol–water partition coefficient (Wildman–Crippen LogP) is 1.02. The van der Waals surface area contributed by atoms with Crippen molar-refractivity contribution in [3.8, 4) is 0 Å². The van der Waals surface area contributed by atoms with Crippen molar-refractivity contribution in [3.05, 3.63) is 23.8 Å². The number of rotatable bonds is 1. The molecule has 0 aliphatic carbocycles. The third-order valence-corrected chi connectivity index (χ3v) is 2.37. The van der Waals surface area contributed by atoms with E-state index in [1.165, 1.54) is 0 Å². The van der Waals surface area contributed by atoms with Crippen LogP contribution in [0.4, 0.5) is 0 Å². The fourth-order valence-corrected chi connectivity index (χ4v) is 1.56. The first kappa shape index (κ1) is 9.12. The van der Waals surface area contributed by atoms with Crippen LogP contribution >= 0.6 is 0 Å². The Morgan fingerprint density at radius 3 is 2.43 bits per heavy atom. The molecule has 0 aromatic carbocycles. The van der Waals surface area contributed by atoms with Gasteiger partial charge >= 0.3 is 0 Å². The van der Waals surface area contributed by atoms with Gasteiger partial charge in [0.25, 0.3) is 5.91 Å². The number of hydrogen-bond donors (Lipinski definition) is 0. The van der Waals surface area contributed by atoms with Crippen LogP contribution in [0, 0.1) is 6.92 Å². The number of hydrogen-bond acceptors (Lipinski definition) is 3. The van der Waals surface area contributed by atoms with Crippen molar-refractivity contribution in [1.82, 2.24) is 14.9 Å². The maximum absolute atomic E-state index is 11.8. The van der Waals surface area contributed by atoms with Gasteiger partial charge in [-0.1, -0.05) is 0 Å². The minimum absolute atomic E-state index is 0.0394. The van der Waals surface area contributed by atoms with Crippen LogP contribution in [0.3, 0.4) is 0 Å². The molecule has 74 valence electrons. The highest BCUT2D eigenvalue weighted by molar-refractivity contribution is 5.90. The van der Waals surface area contributed by atoms with E-state index in [-0.39, 0.29) is 5.91 Å². The zero-order valence-corrected chi connectivity index (χ0v) is 8.23. The Kier molecular flexibility index (Phi) is 2.43. The van der Waals surface area contributed by atoms with Crippen molar-refractivity contribution in [1.29, 1.82) is 0 Å². The van der Waals surface area contributed by atoms with Crippen molar-refractivity contribution in [2.45, 2.75) is 19.8 Å². The summed E-state index contributed by atoms with van der Waals surface area (Å²) in [5, 5.41) is 0. The van der Waals surface area contributed by atoms with Crippen molar-refractivity contribution in [2.24, 2.45) is 0 Å². The van der Waals surface area contributed by atoms with Gasteiger partial charge in [-0.25, -0.2) is 9.97 Å². The summed E-state index contributed by atoms with van der Waals surface area (Å²) in [6.45, 7) is 3.59. The summed E-state index contributed by atoms with van der Waals surface area (Å²) in [6.07, 6.45) is 5.54. The lowest BCUT2D eigenvalue weighted by molar-refractivity contribution is 0.0780. The zero-order valence-electron chi connectivity index (χ0n) is 8.23. The largest absolute Gasteiger partial charge is 0.336 e. The monoisotopic (exact) mass is 191 g/mol. The third kappa shape index (κ3) is 1.73. The molecular formula is C10H13N3O. The highest BCUT2D eigenvalue weighted by Gasteiger charge is 2.21. The van der Waals surface area contributed by atoms with E-state index in [4.69, 9.17) is 0 Å². The SMILES string of the molecule is Cc1cnc(C(=O)N2CCCC2)nc1. The van der Waals surface area contributed by atoms with Gasteiger partial charge in [0.1, 0.15) is 0 Å². The van der Waals surface area contributed by atoms with Crippen LogP contribution in [0.1, 0.15) is 29.0 Å². The molecule has 1 fully saturated rings. The van der Waals surface area contributed by atoms with Gasteiger partial charge in [0.05, 0.1) is 0 Å². The number of carbonyl (C=O) groups excluding carboxylic acids is 1. The molecule has 1 amide bonds. The van der Waals surface area contributed by atoms with Gasteiger partial charge in [0.2, 0.25) is 5.82 Å². The van der Waals surface area contributed by atoms with Crippen molar-refractivity contribution in [2.75, 3.05) is 13.1 Å². The summed E-state index contributed by atoms with van der Waals surface area (Å²) in [5.74, 6) is 0.278. The van der Waals surface area contributed by atoms with Gasteiger partial charge in [-0.15, -0.1) is 0 Å². The molecule has 1 aliphatic heterocycles. The molecule has 0 atom stereocenters. The molecule has 0 spiro atoms. The van der Waals surface area contributed by atoms with Crippen LogP contribution in [0.15, 0.2) is 12.4 Å². The van der Waals surface area contributed by atoms with Crippen molar-refractivity contribution >= 4 is 5.91 Å². The lowest BCUT2D eigenvalue weighted by atomic mass is 10.4. The van der Waals surface area contributed by atoms with Crippen LogP contribution < -0.4 is 0 Å². The van der Waals surface area contributed by atoms with Crippen LogP contribution in [0.2, 0.25) is 0 Å². The first-order chi connectivity index (χ1) is 6.77. The summed E-state index contributed by atoms with van der Waals surface area (Å²) in [6, 6.07) is 0. The van der Waals surface area contributed by atoms with E-state index in [9.17, 15) is 4.79 Å². The van der Waals surface area contributed by atoms with Gasteiger partial charge in [0, 0.05) is 25.5 Å². The molecule has 1 aromatic rings. The average Bonchev–Trinajstić information content (AvgIpc) is 2.71. The van der Waals surface area contributed by atoms with Crippen LogP contribution in [-0.4, -0.2) is 33.9 Å². The highest BCUT2D eigenvalue weighted by atomic mass is 16.2. The van der Waals surface area contributed by atoms with E-state index in [0.717, 1.165) is 31.5 Å². The Bertz CT molecular complexity index is 328. The molecular weight excluding hydrogens is 178 g/mol. The molecule has 4 nitrogen and oxygen atoms in total. The lowest BCUT2D eigenvalue weighted by Gasteiger charge is -2.13. The zero-order chi connectivity index (χ0) is 9.97. The summed E-state index contributed by atoms with van der Waals surface area (Å²) < 4.78 is 0. The Balaban J connectivity index is 2.14. The van der Waals surface area contributed by atoms with E-state index in [1.54, 1.807) is 12.4 Å². The number of aromatic nitrogens is 2. The van der Waals surface area contributed by atoms with E-state index < -0.39 is 0 Å². The standard InChI is InChI=1S/C10H13N3O/c1-8-6-11-9(12-7-8)10(14)13-4-2-3-5-13/h6-7H,2-5H2,1H3. The molecule has 0 bridgehead atoms. The van der Waals surface area contributed by atoms with Gasteiger partial charge in [-0.2, -0.15) is 0 Å². The topological polar surface area (TPSA) is 46.1 Å². The summed E-state index contributed by atoms with van der Waals surface area (Å²) in [7, 11) is 0. The predicted molar refractivity (Wildman–Crippen MR) is 51.9 cm³/mol. The van der Waals surface area contributed by atoms with Crippen LogP contribution in [0.25, 0.3) is 0 Å². The second kappa shape index (κ2) is 3.74. The van der Waals surface area contributed by atoms with Gasteiger partial charge in [-0.05, 0) is 25.3 Å². The quantitative estimate of drug-likeness (QED) is 0.665. The number of amides is 1. The molecule has 14 heavy (non-hydrogen) atoms.